The number of hydrogen-bond acceptors (Lipinski definition) is 4. The minimum atomic E-state index is -0.692. The Balaban J connectivity index is 3.07. The smallest absolute Gasteiger partial charge is 0.358 e. The van der Waals surface area contributed by atoms with Crippen LogP contribution in [0.4, 0.5) is 5.82 Å². The van der Waals surface area contributed by atoms with Crippen LogP contribution in [-0.4, -0.2) is 19.9 Å². The molecule has 1 heterocycles. The first-order valence-electron chi connectivity index (χ1n) is 3.56. The minimum absolute atomic E-state index is 0.242. The van der Waals surface area contributed by atoms with Crippen molar-refractivity contribution < 1.29 is 9.72 Å². The summed E-state index contributed by atoms with van der Waals surface area (Å²) >= 11 is 5.04. The molecule has 74 valence electrons. The Morgan fingerprint density at radius 2 is 2.43 bits per heavy atom. The molecule has 0 aliphatic heterocycles. The second-order valence-corrected chi connectivity index (χ2v) is 2.85. The lowest BCUT2D eigenvalue weighted by molar-refractivity contribution is -0.390. The standard InChI is InChI=1S/C7H6ClN3O3/c1-10-4-5(2-3-6(8)12)7(9-10)11(13)14/h2-4H,1H3/b3-2+. The fourth-order valence-corrected chi connectivity index (χ4v) is 0.973. The van der Waals surface area contributed by atoms with Crippen LogP contribution in [0.5, 0.6) is 0 Å². The Bertz CT molecular complexity index is 410. The Hall–Kier alpha value is -1.69. The quantitative estimate of drug-likeness (QED) is 0.327. The van der Waals surface area contributed by atoms with Crippen molar-refractivity contribution in [3.05, 3.63) is 28.0 Å². The average molecular weight is 216 g/mol. The van der Waals surface area contributed by atoms with Crippen molar-refractivity contribution in [1.29, 1.82) is 0 Å². The molecule has 14 heavy (non-hydrogen) atoms. The van der Waals surface area contributed by atoms with E-state index < -0.39 is 10.2 Å². The minimum Gasteiger partial charge on any atom is -0.358 e. The van der Waals surface area contributed by atoms with Gasteiger partial charge in [0, 0.05) is 0 Å². The Labute approximate surface area is 83.9 Å². The van der Waals surface area contributed by atoms with Crippen molar-refractivity contribution in [1.82, 2.24) is 9.78 Å². The highest BCUT2D eigenvalue weighted by Gasteiger charge is 2.16. The first-order valence-corrected chi connectivity index (χ1v) is 3.94. The lowest BCUT2D eigenvalue weighted by Gasteiger charge is -1.87. The molecule has 0 radical (unpaired) electrons. The molecule has 0 spiro atoms. The van der Waals surface area contributed by atoms with Gasteiger partial charge in [0.1, 0.15) is 0 Å². The Kier molecular flexibility index (Phi) is 2.98. The van der Waals surface area contributed by atoms with Crippen molar-refractivity contribution >= 4 is 28.7 Å². The van der Waals surface area contributed by atoms with Crippen LogP contribution in [-0.2, 0) is 11.8 Å². The first kappa shape index (κ1) is 10.4. The molecule has 0 amide bonds. The molecule has 0 aromatic carbocycles. The number of carbonyl (C=O) groups is 1. The van der Waals surface area contributed by atoms with Gasteiger partial charge in [-0.3, -0.25) is 4.79 Å². The maximum atomic E-state index is 10.5. The zero-order valence-corrected chi connectivity index (χ0v) is 7.93. The maximum Gasteiger partial charge on any atom is 0.397 e. The van der Waals surface area contributed by atoms with Crippen LogP contribution >= 0.6 is 11.6 Å². The van der Waals surface area contributed by atoms with Crippen LogP contribution in [0, 0.1) is 10.1 Å². The van der Waals surface area contributed by atoms with Gasteiger partial charge in [0.2, 0.25) is 5.24 Å². The lowest BCUT2D eigenvalue weighted by Crippen LogP contribution is -1.92. The highest BCUT2D eigenvalue weighted by molar-refractivity contribution is 6.66. The number of hydrogen-bond donors (Lipinski definition) is 0. The van der Waals surface area contributed by atoms with Crippen LogP contribution in [0.2, 0.25) is 0 Å². The highest BCUT2D eigenvalue weighted by Crippen LogP contribution is 2.16. The predicted molar refractivity (Wildman–Crippen MR) is 49.8 cm³/mol. The molecule has 0 N–H and O–H groups in total. The van der Waals surface area contributed by atoms with E-state index in [4.69, 9.17) is 11.6 Å². The third-order valence-electron chi connectivity index (χ3n) is 1.40. The van der Waals surface area contributed by atoms with E-state index in [0.717, 1.165) is 6.08 Å². The van der Waals surface area contributed by atoms with Gasteiger partial charge < -0.3 is 10.1 Å². The van der Waals surface area contributed by atoms with Crippen LogP contribution in [0.15, 0.2) is 12.3 Å². The summed E-state index contributed by atoms with van der Waals surface area (Å²) in [7, 11) is 1.55. The van der Waals surface area contributed by atoms with E-state index in [0.29, 0.717) is 0 Å². The van der Waals surface area contributed by atoms with Gasteiger partial charge in [-0.1, -0.05) is 0 Å². The fourth-order valence-electron chi connectivity index (χ4n) is 0.910. The zero-order valence-electron chi connectivity index (χ0n) is 7.18. The summed E-state index contributed by atoms with van der Waals surface area (Å²) in [6.07, 6.45) is 3.71. The fraction of sp³-hybridized carbons (Fsp3) is 0.143. The molecule has 0 unspecified atom stereocenters. The molecule has 0 bridgehead atoms. The molecule has 0 aliphatic carbocycles. The van der Waals surface area contributed by atoms with Gasteiger partial charge in [0.05, 0.1) is 23.9 Å². The topological polar surface area (TPSA) is 78.0 Å². The van der Waals surface area contributed by atoms with Gasteiger partial charge in [0.15, 0.2) is 0 Å². The van der Waals surface area contributed by atoms with E-state index in [2.05, 4.69) is 5.10 Å². The second kappa shape index (κ2) is 4.01. The summed E-state index contributed by atoms with van der Waals surface area (Å²) in [6.45, 7) is 0. The molecule has 1 aromatic rings. The van der Waals surface area contributed by atoms with Crippen LogP contribution < -0.4 is 0 Å². The zero-order chi connectivity index (χ0) is 10.7. The van der Waals surface area contributed by atoms with Gasteiger partial charge in [-0.2, -0.15) is 4.68 Å². The molecule has 7 heteroatoms. The molecule has 0 atom stereocenters. The number of carbonyl (C=O) groups excluding carboxylic acids is 1. The normalized spacial score (nSPS) is 10.7. The summed E-state index contributed by atoms with van der Waals surface area (Å²) in [4.78, 5) is 20.2. The molecule has 0 saturated carbocycles. The highest BCUT2D eigenvalue weighted by atomic mass is 35.5. The molecule has 0 saturated heterocycles. The van der Waals surface area contributed by atoms with Gasteiger partial charge in [-0.25, -0.2) is 0 Å². The molecule has 0 aliphatic rings. The van der Waals surface area contributed by atoms with Crippen LogP contribution in [0.1, 0.15) is 5.56 Å². The number of halogens is 1. The Morgan fingerprint density at radius 1 is 1.79 bits per heavy atom. The van der Waals surface area contributed by atoms with Gasteiger partial charge >= 0.3 is 5.82 Å². The molecular formula is C7H6ClN3O3. The van der Waals surface area contributed by atoms with Gasteiger partial charge in [-0.15, -0.1) is 0 Å². The van der Waals surface area contributed by atoms with Crippen molar-refractivity contribution in [2.45, 2.75) is 0 Å². The van der Waals surface area contributed by atoms with Crippen molar-refractivity contribution in [3.63, 3.8) is 0 Å². The third kappa shape index (κ3) is 2.40. The predicted octanol–water partition coefficient (Wildman–Crippen LogP) is 1.11. The number of aromatic nitrogens is 2. The third-order valence-corrected chi connectivity index (χ3v) is 1.53. The molecular weight excluding hydrogens is 210 g/mol. The SMILES string of the molecule is Cn1cc(/C=C/C(=O)Cl)c([N+](=O)[O-])n1. The molecule has 1 aromatic heterocycles. The van der Waals surface area contributed by atoms with E-state index in [-0.39, 0.29) is 11.4 Å². The summed E-state index contributed by atoms with van der Waals surface area (Å²) in [5.74, 6) is -0.304. The number of nitro groups is 1. The Morgan fingerprint density at radius 3 is 2.93 bits per heavy atom. The largest absolute Gasteiger partial charge is 0.397 e. The number of allylic oxidation sites excluding steroid dienone is 1. The van der Waals surface area contributed by atoms with E-state index in [9.17, 15) is 14.9 Å². The van der Waals surface area contributed by atoms with Gasteiger partial charge in [-0.05, 0) is 28.7 Å². The number of aryl methyl sites for hydroxylation is 1. The number of rotatable bonds is 3. The first-order chi connectivity index (χ1) is 6.50. The molecule has 0 fully saturated rings. The van der Waals surface area contributed by atoms with E-state index in [1.165, 1.54) is 17.0 Å². The summed E-state index contributed by atoms with van der Waals surface area (Å²) < 4.78 is 1.29. The van der Waals surface area contributed by atoms with Crippen molar-refractivity contribution in [3.8, 4) is 0 Å². The molecule has 1 rings (SSSR count). The van der Waals surface area contributed by atoms with E-state index >= 15 is 0 Å². The van der Waals surface area contributed by atoms with Crippen molar-refractivity contribution in [2.75, 3.05) is 0 Å². The van der Waals surface area contributed by atoms with Crippen LogP contribution in [0.25, 0.3) is 6.08 Å². The monoisotopic (exact) mass is 215 g/mol. The molecule has 6 nitrogen and oxygen atoms in total. The summed E-state index contributed by atoms with van der Waals surface area (Å²) in [6, 6.07) is 0. The average Bonchev–Trinajstić information content (AvgIpc) is 2.43. The summed E-state index contributed by atoms with van der Waals surface area (Å²) in [5.41, 5.74) is 0.242. The van der Waals surface area contributed by atoms with E-state index in [1.807, 2.05) is 0 Å². The lowest BCUT2D eigenvalue weighted by atomic mass is 10.3. The second-order valence-electron chi connectivity index (χ2n) is 2.48. The van der Waals surface area contributed by atoms with E-state index in [1.54, 1.807) is 7.05 Å². The maximum absolute atomic E-state index is 10.5. The van der Waals surface area contributed by atoms with Crippen molar-refractivity contribution in [2.24, 2.45) is 7.05 Å². The number of nitrogens with zero attached hydrogens (tertiary/aromatic N) is 3. The summed E-state index contributed by atoms with van der Waals surface area (Å²) in [5, 5.41) is 13.4. The van der Waals surface area contributed by atoms with Crippen LogP contribution in [0.3, 0.4) is 0 Å². The van der Waals surface area contributed by atoms with Gasteiger partial charge in [0.25, 0.3) is 0 Å².